The number of aryl methyl sites for hydroxylation is 2. The van der Waals surface area contributed by atoms with E-state index < -0.39 is 10.0 Å². The lowest BCUT2D eigenvalue weighted by Crippen LogP contribution is -2.52. The number of hydrogen-bond acceptors (Lipinski definition) is 7. The molecule has 9 nitrogen and oxygen atoms in total. The summed E-state index contributed by atoms with van der Waals surface area (Å²) in [6, 6.07) is 4.73. The minimum atomic E-state index is -3.16. The first-order valence-electron chi connectivity index (χ1n) is 15.4. The number of likely N-dealkylation sites (tertiary alicyclic amines) is 2. The highest BCUT2D eigenvalue weighted by atomic mass is 32.2. The third-order valence-electron chi connectivity index (χ3n) is 9.93. The number of nitrogens with zero attached hydrogens (tertiary/aromatic N) is 5. The van der Waals surface area contributed by atoms with Crippen LogP contribution in [0, 0.1) is 19.8 Å². The van der Waals surface area contributed by atoms with Gasteiger partial charge in [0, 0.05) is 49.4 Å². The number of carbonyl (C=O) groups is 1. The summed E-state index contributed by atoms with van der Waals surface area (Å²) in [6.07, 6.45) is 13.2. The molecule has 226 valence electrons. The molecule has 1 saturated carbocycles. The Bertz CT molecular complexity index is 1300. The minimum absolute atomic E-state index is 0.0176. The van der Waals surface area contributed by atoms with Crippen LogP contribution in [-0.4, -0.2) is 90.0 Å². The maximum Gasteiger partial charge on any atom is 0.272 e. The first kappa shape index (κ1) is 30.2. The summed E-state index contributed by atoms with van der Waals surface area (Å²) >= 11 is 0. The van der Waals surface area contributed by atoms with Crippen LogP contribution in [0.2, 0.25) is 0 Å². The fourth-order valence-corrected chi connectivity index (χ4v) is 8.00. The smallest absolute Gasteiger partial charge is 0.272 e. The van der Waals surface area contributed by atoms with Crippen molar-refractivity contribution in [2.75, 3.05) is 39.5 Å². The molecule has 2 saturated heterocycles. The highest BCUT2D eigenvalue weighted by molar-refractivity contribution is 7.88. The van der Waals surface area contributed by atoms with Crippen LogP contribution in [0.15, 0.2) is 22.9 Å². The van der Waals surface area contributed by atoms with Gasteiger partial charge < -0.3 is 14.2 Å². The Labute approximate surface area is 245 Å². The van der Waals surface area contributed by atoms with Gasteiger partial charge in [-0.05, 0) is 96.4 Å². The summed E-state index contributed by atoms with van der Waals surface area (Å²) < 4.78 is 31.3. The van der Waals surface area contributed by atoms with Crippen molar-refractivity contribution in [2.45, 2.75) is 96.1 Å². The standard InChI is InChI=1S/C31H47N5O4S/c1-22-8-11-29(40-22)25-7-5-6-24(20-25)9-10-28-23(2)30(33-21-32-28)31(37)36-18-14-27(15-19-36)35-16-12-26(13-17-35)34(3)41(4,38)39/h8,11,21,24-27H,5-7,9-10,12-20H2,1-4H3/t24-,25-/m0/s1. The van der Waals surface area contributed by atoms with Gasteiger partial charge in [0.15, 0.2) is 0 Å². The molecule has 0 spiro atoms. The number of amides is 1. The van der Waals surface area contributed by atoms with E-state index in [1.807, 2.05) is 18.7 Å². The summed E-state index contributed by atoms with van der Waals surface area (Å²) in [7, 11) is -1.47. The van der Waals surface area contributed by atoms with Crippen LogP contribution in [0.5, 0.6) is 0 Å². The molecule has 3 fully saturated rings. The van der Waals surface area contributed by atoms with Crippen LogP contribution in [-0.2, 0) is 16.4 Å². The highest BCUT2D eigenvalue weighted by Crippen LogP contribution is 2.38. The summed E-state index contributed by atoms with van der Waals surface area (Å²) in [5, 5.41) is 0. The fraction of sp³-hybridized carbons (Fsp3) is 0.710. The first-order chi connectivity index (χ1) is 19.6. The third kappa shape index (κ3) is 7.20. The molecule has 2 aromatic heterocycles. The van der Waals surface area contributed by atoms with Crippen molar-refractivity contribution in [3.05, 3.63) is 46.9 Å². The van der Waals surface area contributed by atoms with Crippen molar-refractivity contribution in [1.29, 1.82) is 0 Å². The van der Waals surface area contributed by atoms with Crippen LogP contribution in [0.1, 0.15) is 97.0 Å². The lowest BCUT2D eigenvalue weighted by molar-refractivity contribution is 0.0542. The second-order valence-corrected chi connectivity index (χ2v) is 14.6. The van der Waals surface area contributed by atoms with Gasteiger partial charge in [-0.2, -0.15) is 0 Å². The Hall–Kier alpha value is -2.30. The Morgan fingerprint density at radius 3 is 2.41 bits per heavy atom. The molecule has 0 bridgehead atoms. The average Bonchev–Trinajstić information content (AvgIpc) is 3.42. The summed E-state index contributed by atoms with van der Waals surface area (Å²) in [4.78, 5) is 27.0. The number of sulfonamides is 1. The minimum Gasteiger partial charge on any atom is -0.466 e. The molecule has 1 aliphatic carbocycles. The number of furan rings is 1. The zero-order valence-electron chi connectivity index (χ0n) is 25.2. The van der Waals surface area contributed by atoms with Gasteiger partial charge in [0.2, 0.25) is 10.0 Å². The van der Waals surface area contributed by atoms with Crippen LogP contribution >= 0.6 is 0 Å². The van der Waals surface area contributed by atoms with Gasteiger partial charge in [-0.15, -0.1) is 0 Å². The van der Waals surface area contributed by atoms with Crippen molar-refractivity contribution in [1.82, 2.24) is 24.1 Å². The maximum absolute atomic E-state index is 13.5. The molecule has 0 unspecified atom stereocenters. The molecule has 41 heavy (non-hydrogen) atoms. The highest BCUT2D eigenvalue weighted by Gasteiger charge is 2.33. The van der Waals surface area contributed by atoms with E-state index in [9.17, 15) is 13.2 Å². The predicted octanol–water partition coefficient (Wildman–Crippen LogP) is 4.55. The maximum atomic E-state index is 13.5. The first-order valence-corrected chi connectivity index (χ1v) is 17.3. The fourth-order valence-electron chi connectivity index (χ4n) is 7.25. The van der Waals surface area contributed by atoms with E-state index in [0.717, 1.165) is 93.9 Å². The third-order valence-corrected chi connectivity index (χ3v) is 11.3. The molecule has 3 aliphatic rings. The quantitative estimate of drug-likeness (QED) is 0.448. The molecule has 5 rings (SSSR count). The van der Waals surface area contributed by atoms with Crippen LogP contribution < -0.4 is 0 Å². The van der Waals surface area contributed by atoms with E-state index >= 15 is 0 Å². The Morgan fingerprint density at radius 2 is 1.76 bits per heavy atom. The summed E-state index contributed by atoms with van der Waals surface area (Å²) in [5.41, 5.74) is 2.47. The van der Waals surface area contributed by atoms with Crippen LogP contribution in [0.25, 0.3) is 0 Å². The molecule has 4 heterocycles. The molecule has 2 aliphatic heterocycles. The lowest BCUT2D eigenvalue weighted by Gasteiger charge is -2.43. The number of hydrogen-bond donors (Lipinski definition) is 0. The van der Waals surface area contributed by atoms with E-state index in [1.54, 1.807) is 13.4 Å². The molecule has 2 aromatic rings. The van der Waals surface area contributed by atoms with Crippen molar-refractivity contribution in [3.63, 3.8) is 0 Å². The summed E-state index contributed by atoms with van der Waals surface area (Å²) in [5.74, 6) is 3.28. The van der Waals surface area contributed by atoms with E-state index in [1.165, 1.54) is 29.8 Å². The summed E-state index contributed by atoms with van der Waals surface area (Å²) in [6.45, 7) is 7.27. The van der Waals surface area contributed by atoms with Gasteiger partial charge in [0.25, 0.3) is 5.91 Å². The molecule has 2 atom stereocenters. The van der Waals surface area contributed by atoms with E-state index in [2.05, 4.69) is 27.0 Å². The SMILES string of the molecule is Cc1ccc([C@H]2CCC[C@@H](CCc3ncnc(C(=O)N4CCC(N5CCC(N(C)S(C)(=O)=O)CC5)CC4)c3C)C2)o1. The Kier molecular flexibility index (Phi) is 9.50. The van der Waals surface area contributed by atoms with Crippen molar-refractivity contribution < 1.29 is 17.6 Å². The largest absolute Gasteiger partial charge is 0.466 e. The molecular weight excluding hydrogens is 538 g/mol. The molecule has 0 N–H and O–H groups in total. The molecular formula is C31H47N5O4S. The zero-order chi connectivity index (χ0) is 29.1. The number of rotatable bonds is 8. The van der Waals surface area contributed by atoms with E-state index in [4.69, 9.17) is 4.42 Å². The van der Waals surface area contributed by atoms with Gasteiger partial charge in [0.05, 0.1) is 6.26 Å². The van der Waals surface area contributed by atoms with Crippen molar-refractivity contribution in [2.24, 2.45) is 5.92 Å². The van der Waals surface area contributed by atoms with Gasteiger partial charge >= 0.3 is 0 Å². The number of carbonyl (C=O) groups excluding carboxylic acids is 1. The average molecular weight is 586 g/mol. The van der Waals surface area contributed by atoms with Crippen molar-refractivity contribution in [3.8, 4) is 0 Å². The van der Waals surface area contributed by atoms with Crippen LogP contribution in [0.4, 0.5) is 0 Å². The second kappa shape index (κ2) is 12.9. The van der Waals surface area contributed by atoms with E-state index in [0.29, 0.717) is 23.6 Å². The normalized spacial score (nSPS) is 23.8. The molecule has 0 radical (unpaired) electrons. The molecule has 10 heteroatoms. The Morgan fingerprint density at radius 1 is 1.02 bits per heavy atom. The number of piperidine rings is 2. The van der Waals surface area contributed by atoms with Gasteiger partial charge in [-0.1, -0.05) is 12.8 Å². The zero-order valence-corrected chi connectivity index (χ0v) is 26.0. The van der Waals surface area contributed by atoms with Crippen molar-refractivity contribution >= 4 is 15.9 Å². The topological polar surface area (TPSA) is 99.9 Å². The lowest BCUT2D eigenvalue weighted by atomic mass is 9.78. The molecule has 1 amide bonds. The monoisotopic (exact) mass is 585 g/mol. The Balaban J connectivity index is 1.11. The van der Waals surface area contributed by atoms with E-state index in [-0.39, 0.29) is 11.9 Å². The van der Waals surface area contributed by atoms with Crippen LogP contribution in [0.3, 0.4) is 0 Å². The second-order valence-electron chi connectivity index (χ2n) is 12.6. The van der Waals surface area contributed by atoms with Gasteiger partial charge in [-0.25, -0.2) is 22.7 Å². The van der Waals surface area contributed by atoms with Gasteiger partial charge in [0.1, 0.15) is 23.5 Å². The molecule has 0 aromatic carbocycles. The number of aromatic nitrogens is 2. The predicted molar refractivity (Wildman–Crippen MR) is 159 cm³/mol. The van der Waals surface area contributed by atoms with Gasteiger partial charge in [-0.3, -0.25) is 4.79 Å².